The Bertz CT molecular complexity index is 811. The Morgan fingerprint density at radius 2 is 2.29 bits per heavy atom. The van der Waals surface area contributed by atoms with E-state index in [1.54, 1.807) is 31.6 Å². The third-order valence-corrected chi connectivity index (χ3v) is 3.48. The summed E-state index contributed by atoms with van der Waals surface area (Å²) in [4.78, 5) is 22.2. The lowest BCUT2D eigenvalue weighted by Gasteiger charge is -2.12. The summed E-state index contributed by atoms with van der Waals surface area (Å²) in [5.41, 5.74) is 2.09. The Kier molecular flexibility index (Phi) is 4.64. The Balaban J connectivity index is 1.67. The molecule has 8 heteroatoms. The molecule has 24 heavy (non-hydrogen) atoms. The van der Waals surface area contributed by atoms with Gasteiger partial charge in [0, 0.05) is 30.7 Å². The van der Waals surface area contributed by atoms with E-state index in [1.165, 1.54) is 4.90 Å². The molecular formula is C16H18N6O2. The molecule has 1 N–H and O–H groups in total. The first kappa shape index (κ1) is 15.9. The van der Waals surface area contributed by atoms with Gasteiger partial charge in [-0.05, 0) is 24.6 Å². The zero-order valence-corrected chi connectivity index (χ0v) is 13.6. The van der Waals surface area contributed by atoms with Crippen LogP contribution in [0.4, 0.5) is 0 Å². The fraction of sp³-hybridized carbons (Fsp3) is 0.312. The minimum atomic E-state index is -0.199. The number of aromatic amines is 1. The standard InChI is InChI=1S/C16H18N6O2/c1-3-5-12-8-13(20-19-12)16(23)22(2)10-14-18-15(21-24-14)11-6-4-7-17-9-11/h4,6-9H,3,5,10H2,1-2H3,(H,19,20). The van der Waals surface area contributed by atoms with Crippen LogP contribution in [-0.2, 0) is 13.0 Å². The minimum absolute atomic E-state index is 0.199. The summed E-state index contributed by atoms with van der Waals surface area (Å²) in [6.07, 6.45) is 5.18. The molecule has 0 spiro atoms. The Labute approximate surface area is 138 Å². The van der Waals surface area contributed by atoms with E-state index in [1.807, 2.05) is 6.07 Å². The van der Waals surface area contributed by atoms with E-state index in [0.29, 0.717) is 17.4 Å². The Hall–Kier alpha value is -3.03. The number of aromatic nitrogens is 5. The largest absolute Gasteiger partial charge is 0.337 e. The van der Waals surface area contributed by atoms with Crippen molar-refractivity contribution in [3.63, 3.8) is 0 Å². The first-order valence-electron chi connectivity index (χ1n) is 7.70. The summed E-state index contributed by atoms with van der Waals surface area (Å²) in [6, 6.07) is 5.42. The first-order chi connectivity index (χ1) is 11.7. The zero-order chi connectivity index (χ0) is 16.9. The molecule has 0 fully saturated rings. The molecule has 8 nitrogen and oxygen atoms in total. The van der Waals surface area contributed by atoms with Crippen LogP contribution in [-0.4, -0.2) is 43.2 Å². The van der Waals surface area contributed by atoms with Gasteiger partial charge >= 0.3 is 0 Å². The predicted octanol–water partition coefficient (Wildman–Crippen LogP) is 2.08. The quantitative estimate of drug-likeness (QED) is 0.744. The van der Waals surface area contributed by atoms with Crippen LogP contribution in [0.15, 0.2) is 35.1 Å². The van der Waals surface area contributed by atoms with Crippen LogP contribution in [0, 0.1) is 0 Å². The van der Waals surface area contributed by atoms with Gasteiger partial charge in [0.1, 0.15) is 12.2 Å². The molecule has 0 aromatic carbocycles. The smallest absolute Gasteiger partial charge is 0.274 e. The highest BCUT2D eigenvalue weighted by molar-refractivity contribution is 5.92. The summed E-state index contributed by atoms with van der Waals surface area (Å²) in [6.45, 7) is 2.28. The summed E-state index contributed by atoms with van der Waals surface area (Å²) in [5, 5.41) is 10.8. The molecule has 3 heterocycles. The van der Waals surface area contributed by atoms with Gasteiger partial charge < -0.3 is 9.42 Å². The SMILES string of the molecule is CCCc1cc(C(=O)N(C)Cc2nc(-c3cccnc3)no2)n[nH]1. The van der Waals surface area contributed by atoms with Crippen molar-refractivity contribution < 1.29 is 9.32 Å². The number of H-pyrrole nitrogens is 1. The average Bonchev–Trinajstić information content (AvgIpc) is 3.25. The van der Waals surface area contributed by atoms with E-state index in [0.717, 1.165) is 24.1 Å². The topological polar surface area (TPSA) is 101 Å². The predicted molar refractivity (Wildman–Crippen MR) is 85.9 cm³/mol. The van der Waals surface area contributed by atoms with Crippen molar-refractivity contribution in [1.82, 2.24) is 30.2 Å². The number of rotatable bonds is 6. The maximum Gasteiger partial charge on any atom is 0.274 e. The van der Waals surface area contributed by atoms with Gasteiger partial charge in [-0.25, -0.2) is 0 Å². The molecule has 0 saturated carbocycles. The second-order valence-electron chi connectivity index (χ2n) is 5.44. The summed E-state index contributed by atoms with van der Waals surface area (Å²) in [7, 11) is 1.67. The molecule has 3 aromatic rings. The van der Waals surface area contributed by atoms with Crippen LogP contribution >= 0.6 is 0 Å². The number of amides is 1. The van der Waals surface area contributed by atoms with Gasteiger partial charge in [-0.15, -0.1) is 0 Å². The number of hydrogen-bond acceptors (Lipinski definition) is 6. The van der Waals surface area contributed by atoms with E-state index in [4.69, 9.17) is 4.52 Å². The van der Waals surface area contributed by atoms with Crippen molar-refractivity contribution in [2.45, 2.75) is 26.3 Å². The van der Waals surface area contributed by atoms with Gasteiger partial charge in [-0.1, -0.05) is 18.5 Å². The minimum Gasteiger partial charge on any atom is -0.337 e. The summed E-state index contributed by atoms with van der Waals surface area (Å²) < 4.78 is 5.21. The lowest BCUT2D eigenvalue weighted by atomic mass is 10.2. The monoisotopic (exact) mass is 326 g/mol. The fourth-order valence-electron chi connectivity index (χ4n) is 2.27. The van der Waals surface area contributed by atoms with Gasteiger partial charge in [-0.2, -0.15) is 10.1 Å². The normalized spacial score (nSPS) is 10.8. The molecule has 0 unspecified atom stereocenters. The molecule has 0 atom stereocenters. The highest BCUT2D eigenvalue weighted by atomic mass is 16.5. The molecule has 0 aliphatic heterocycles. The zero-order valence-electron chi connectivity index (χ0n) is 13.6. The highest BCUT2D eigenvalue weighted by Crippen LogP contribution is 2.15. The van der Waals surface area contributed by atoms with Gasteiger partial charge in [0.2, 0.25) is 11.7 Å². The Morgan fingerprint density at radius 1 is 1.42 bits per heavy atom. The van der Waals surface area contributed by atoms with Gasteiger partial charge in [0.25, 0.3) is 5.91 Å². The lowest BCUT2D eigenvalue weighted by molar-refractivity contribution is 0.0763. The van der Waals surface area contributed by atoms with Crippen LogP contribution in [0.2, 0.25) is 0 Å². The van der Waals surface area contributed by atoms with Crippen molar-refractivity contribution in [2.24, 2.45) is 0 Å². The summed E-state index contributed by atoms with van der Waals surface area (Å²) in [5.74, 6) is 0.604. The number of pyridine rings is 1. The molecule has 0 aliphatic carbocycles. The molecule has 0 bridgehead atoms. The maximum absolute atomic E-state index is 12.4. The number of nitrogens with zero attached hydrogens (tertiary/aromatic N) is 5. The van der Waals surface area contributed by atoms with E-state index < -0.39 is 0 Å². The van der Waals surface area contributed by atoms with Crippen molar-refractivity contribution >= 4 is 5.91 Å². The lowest BCUT2D eigenvalue weighted by Crippen LogP contribution is -2.26. The van der Waals surface area contributed by atoms with E-state index >= 15 is 0 Å². The van der Waals surface area contributed by atoms with E-state index in [-0.39, 0.29) is 12.5 Å². The van der Waals surface area contributed by atoms with Crippen molar-refractivity contribution in [3.8, 4) is 11.4 Å². The third-order valence-electron chi connectivity index (χ3n) is 3.48. The van der Waals surface area contributed by atoms with E-state index in [9.17, 15) is 4.79 Å². The highest BCUT2D eigenvalue weighted by Gasteiger charge is 2.18. The van der Waals surface area contributed by atoms with Crippen LogP contribution in [0.25, 0.3) is 11.4 Å². The van der Waals surface area contributed by atoms with Crippen LogP contribution in [0.5, 0.6) is 0 Å². The van der Waals surface area contributed by atoms with Gasteiger partial charge in [-0.3, -0.25) is 14.9 Å². The number of nitrogens with one attached hydrogen (secondary N) is 1. The summed E-state index contributed by atoms with van der Waals surface area (Å²) >= 11 is 0. The second-order valence-corrected chi connectivity index (χ2v) is 5.44. The van der Waals surface area contributed by atoms with Crippen molar-refractivity contribution in [2.75, 3.05) is 7.05 Å². The van der Waals surface area contributed by atoms with Crippen molar-refractivity contribution in [3.05, 3.63) is 47.9 Å². The van der Waals surface area contributed by atoms with Gasteiger partial charge in [0.15, 0.2) is 0 Å². The number of aryl methyl sites for hydroxylation is 1. The molecule has 0 aliphatic rings. The number of carbonyl (C=O) groups excluding carboxylic acids is 1. The molecule has 0 radical (unpaired) electrons. The van der Waals surface area contributed by atoms with Crippen molar-refractivity contribution in [1.29, 1.82) is 0 Å². The molecular weight excluding hydrogens is 308 g/mol. The Morgan fingerprint density at radius 3 is 3.04 bits per heavy atom. The van der Waals surface area contributed by atoms with Crippen LogP contribution in [0.3, 0.4) is 0 Å². The first-order valence-corrected chi connectivity index (χ1v) is 7.70. The number of carbonyl (C=O) groups is 1. The van der Waals surface area contributed by atoms with Crippen LogP contribution in [0.1, 0.15) is 35.4 Å². The van der Waals surface area contributed by atoms with E-state index in [2.05, 4.69) is 32.2 Å². The average molecular weight is 326 g/mol. The molecule has 3 aromatic heterocycles. The third kappa shape index (κ3) is 3.48. The fourth-order valence-corrected chi connectivity index (χ4v) is 2.27. The number of hydrogen-bond donors (Lipinski definition) is 1. The van der Waals surface area contributed by atoms with Gasteiger partial charge in [0.05, 0.1) is 0 Å². The molecule has 0 saturated heterocycles. The molecule has 3 rings (SSSR count). The van der Waals surface area contributed by atoms with Crippen LogP contribution < -0.4 is 0 Å². The second kappa shape index (κ2) is 7.03. The maximum atomic E-state index is 12.4. The molecule has 124 valence electrons. The molecule has 1 amide bonds.